The number of nitrogens with zero attached hydrogens (tertiary/aromatic N) is 3. The van der Waals surface area contributed by atoms with Gasteiger partial charge in [0, 0.05) is 49.9 Å². The topological polar surface area (TPSA) is 82.1 Å². The van der Waals surface area contributed by atoms with E-state index in [9.17, 15) is 4.79 Å². The molecule has 2 heterocycles. The first-order valence-corrected chi connectivity index (χ1v) is 6.05. The van der Waals surface area contributed by atoms with E-state index >= 15 is 0 Å². The zero-order valence-electron chi connectivity index (χ0n) is 10.7. The fraction of sp³-hybridized carbons (Fsp3) is 0.308. The van der Waals surface area contributed by atoms with Gasteiger partial charge in [0.1, 0.15) is 0 Å². The summed E-state index contributed by atoms with van der Waals surface area (Å²) in [7, 11) is 1.85. The number of aromatic amines is 1. The number of hydrogen-bond acceptors (Lipinski definition) is 4. The van der Waals surface area contributed by atoms with Crippen molar-refractivity contribution in [2.45, 2.75) is 12.8 Å². The highest BCUT2D eigenvalue weighted by molar-refractivity contribution is 5.66. The Balaban J connectivity index is 1.96. The molecule has 0 bridgehead atoms. The molecule has 2 rings (SSSR count). The summed E-state index contributed by atoms with van der Waals surface area (Å²) in [6.45, 7) is 0.619. The molecule has 0 saturated heterocycles. The van der Waals surface area contributed by atoms with E-state index in [1.807, 2.05) is 30.3 Å². The summed E-state index contributed by atoms with van der Waals surface area (Å²) in [5, 5.41) is 8.59. The van der Waals surface area contributed by atoms with Crippen molar-refractivity contribution in [2.75, 3.05) is 18.5 Å². The van der Waals surface area contributed by atoms with Crippen LogP contribution in [0.5, 0.6) is 0 Å². The second-order valence-electron chi connectivity index (χ2n) is 4.27. The van der Waals surface area contributed by atoms with Crippen molar-refractivity contribution < 1.29 is 9.90 Å². The Hall–Kier alpha value is -2.37. The fourth-order valence-electron chi connectivity index (χ4n) is 1.73. The maximum Gasteiger partial charge on any atom is 0.303 e. The lowest BCUT2D eigenvalue weighted by Crippen LogP contribution is -2.21. The van der Waals surface area contributed by atoms with Gasteiger partial charge in [-0.15, -0.1) is 0 Å². The predicted octanol–water partition coefficient (Wildman–Crippen LogP) is 1.77. The van der Waals surface area contributed by atoms with E-state index in [-0.39, 0.29) is 6.42 Å². The second-order valence-corrected chi connectivity index (χ2v) is 4.27. The standard InChI is InChI=1S/C13H16N4O2/c1-17(7-3-5-12(18)19)13-15-8-10(9-16-13)11-4-2-6-14-11/h2,4,6,8-9,14H,3,5,7H2,1H3,(H,18,19). The molecule has 2 aromatic heterocycles. The summed E-state index contributed by atoms with van der Waals surface area (Å²) in [5.74, 6) is -0.183. The number of anilines is 1. The molecule has 0 atom stereocenters. The molecule has 100 valence electrons. The highest BCUT2D eigenvalue weighted by Gasteiger charge is 2.06. The normalized spacial score (nSPS) is 10.4. The smallest absolute Gasteiger partial charge is 0.303 e. The van der Waals surface area contributed by atoms with Crippen LogP contribution in [0.25, 0.3) is 11.3 Å². The molecule has 0 saturated carbocycles. The van der Waals surface area contributed by atoms with Crippen LogP contribution in [0.3, 0.4) is 0 Å². The third-order valence-electron chi connectivity index (χ3n) is 2.77. The van der Waals surface area contributed by atoms with Gasteiger partial charge in [-0.3, -0.25) is 4.79 Å². The first kappa shape index (κ1) is 13.1. The van der Waals surface area contributed by atoms with Gasteiger partial charge in [0.05, 0.1) is 0 Å². The van der Waals surface area contributed by atoms with E-state index in [0.29, 0.717) is 18.9 Å². The minimum atomic E-state index is -0.781. The number of carboxylic acids is 1. The minimum absolute atomic E-state index is 0.158. The average molecular weight is 260 g/mol. The number of nitrogens with one attached hydrogen (secondary N) is 1. The molecule has 0 aliphatic heterocycles. The fourth-order valence-corrected chi connectivity index (χ4v) is 1.73. The lowest BCUT2D eigenvalue weighted by molar-refractivity contribution is -0.137. The number of aromatic nitrogens is 3. The summed E-state index contributed by atoms with van der Waals surface area (Å²) in [4.78, 5) is 23.9. The van der Waals surface area contributed by atoms with Gasteiger partial charge in [0.15, 0.2) is 0 Å². The minimum Gasteiger partial charge on any atom is -0.481 e. The molecule has 19 heavy (non-hydrogen) atoms. The summed E-state index contributed by atoms with van der Waals surface area (Å²) >= 11 is 0. The number of carbonyl (C=O) groups is 1. The van der Waals surface area contributed by atoms with Gasteiger partial charge in [0.25, 0.3) is 0 Å². The largest absolute Gasteiger partial charge is 0.481 e. The average Bonchev–Trinajstić information content (AvgIpc) is 2.92. The molecule has 0 aliphatic rings. The van der Waals surface area contributed by atoms with Crippen LogP contribution in [-0.2, 0) is 4.79 Å². The van der Waals surface area contributed by atoms with Gasteiger partial charge < -0.3 is 15.0 Å². The van der Waals surface area contributed by atoms with E-state index in [4.69, 9.17) is 5.11 Å². The first-order valence-electron chi connectivity index (χ1n) is 6.05. The third kappa shape index (κ3) is 3.54. The number of hydrogen-bond donors (Lipinski definition) is 2. The van der Waals surface area contributed by atoms with Crippen molar-refractivity contribution in [3.05, 3.63) is 30.7 Å². The number of rotatable bonds is 6. The zero-order chi connectivity index (χ0) is 13.7. The highest BCUT2D eigenvalue weighted by Crippen LogP contribution is 2.16. The van der Waals surface area contributed by atoms with Crippen LogP contribution in [0, 0.1) is 0 Å². The van der Waals surface area contributed by atoms with Crippen LogP contribution in [0.4, 0.5) is 5.95 Å². The number of H-pyrrole nitrogens is 1. The molecule has 6 nitrogen and oxygen atoms in total. The lowest BCUT2D eigenvalue weighted by Gasteiger charge is -2.16. The molecule has 0 fully saturated rings. The van der Waals surface area contributed by atoms with Gasteiger partial charge in [-0.2, -0.15) is 0 Å². The molecule has 0 unspecified atom stereocenters. The molecule has 0 radical (unpaired) electrons. The van der Waals surface area contributed by atoms with Gasteiger partial charge >= 0.3 is 5.97 Å². The summed E-state index contributed by atoms with van der Waals surface area (Å²) in [6, 6.07) is 3.87. The predicted molar refractivity (Wildman–Crippen MR) is 72.0 cm³/mol. The number of carboxylic acid groups (broad SMARTS) is 1. The second kappa shape index (κ2) is 5.99. The van der Waals surface area contributed by atoms with Crippen molar-refractivity contribution in [1.29, 1.82) is 0 Å². The van der Waals surface area contributed by atoms with Crippen LogP contribution in [0.2, 0.25) is 0 Å². The van der Waals surface area contributed by atoms with E-state index in [0.717, 1.165) is 11.3 Å². The van der Waals surface area contributed by atoms with Crippen molar-refractivity contribution in [3.8, 4) is 11.3 Å². The first-order chi connectivity index (χ1) is 9.16. The monoisotopic (exact) mass is 260 g/mol. The van der Waals surface area contributed by atoms with Crippen LogP contribution >= 0.6 is 0 Å². The van der Waals surface area contributed by atoms with Gasteiger partial charge in [0.2, 0.25) is 5.95 Å². The SMILES string of the molecule is CN(CCCC(=O)O)c1ncc(-c2ccc[nH]2)cn1. The van der Waals surface area contributed by atoms with E-state index < -0.39 is 5.97 Å². The van der Waals surface area contributed by atoms with Gasteiger partial charge in [-0.25, -0.2) is 9.97 Å². The maximum atomic E-state index is 10.4. The molecule has 2 N–H and O–H groups in total. The Morgan fingerprint density at radius 3 is 2.74 bits per heavy atom. The number of aliphatic carboxylic acids is 1. The maximum absolute atomic E-state index is 10.4. The lowest BCUT2D eigenvalue weighted by atomic mass is 10.2. The van der Waals surface area contributed by atoms with Crippen LogP contribution in [-0.4, -0.2) is 39.6 Å². The Morgan fingerprint density at radius 1 is 1.42 bits per heavy atom. The van der Waals surface area contributed by atoms with Crippen molar-refractivity contribution in [2.24, 2.45) is 0 Å². The van der Waals surface area contributed by atoms with Crippen LogP contribution in [0.15, 0.2) is 30.7 Å². The molecule has 6 heteroatoms. The van der Waals surface area contributed by atoms with E-state index in [1.165, 1.54) is 0 Å². The van der Waals surface area contributed by atoms with Gasteiger partial charge in [-0.1, -0.05) is 0 Å². The third-order valence-corrected chi connectivity index (χ3v) is 2.77. The Bertz CT molecular complexity index is 522. The van der Waals surface area contributed by atoms with Crippen molar-refractivity contribution in [3.63, 3.8) is 0 Å². The quantitative estimate of drug-likeness (QED) is 0.827. The highest BCUT2D eigenvalue weighted by atomic mass is 16.4. The van der Waals surface area contributed by atoms with E-state index in [2.05, 4.69) is 15.0 Å². The van der Waals surface area contributed by atoms with E-state index in [1.54, 1.807) is 12.4 Å². The molecule has 2 aromatic rings. The molecular formula is C13H16N4O2. The van der Waals surface area contributed by atoms with Crippen molar-refractivity contribution in [1.82, 2.24) is 15.0 Å². The molecule has 0 spiro atoms. The summed E-state index contributed by atoms with van der Waals surface area (Å²) < 4.78 is 0. The Labute approximate surface area is 111 Å². The Morgan fingerprint density at radius 2 is 2.16 bits per heavy atom. The van der Waals surface area contributed by atoms with Crippen LogP contribution in [0.1, 0.15) is 12.8 Å². The molecule has 0 aromatic carbocycles. The molecular weight excluding hydrogens is 244 g/mol. The van der Waals surface area contributed by atoms with Crippen molar-refractivity contribution >= 4 is 11.9 Å². The zero-order valence-corrected chi connectivity index (χ0v) is 10.7. The molecule has 0 aliphatic carbocycles. The van der Waals surface area contributed by atoms with Crippen LogP contribution < -0.4 is 4.90 Å². The summed E-state index contributed by atoms with van der Waals surface area (Å²) in [6.07, 6.45) is 6.09. The summed E-state index contributed by atoms with van der Waals surface area (Å²) in [5.41, 5.74) is 1.90. The van der Waals surface area contributed by atoms with Gasteiger partial charge in [-0.05, 0) is 18.6 Å². The Kier molecular flexibility index (Phi) is 4.12. The molecule has 0 amide bonds.